The molecule has 1 N–H and O–H groups in total. The Morgan fingerprint density at radius 2 is 2.20 bits per heavy atom. The minimum absolute atomic E-state index is 0.0235. The number of hydrogen-bond acceptors (Lipinski definition) is 4. The van der Waals surface area contributed by atoms with Crippen LogP contribution in [0, 0.1) is 5.92 Å². The minimum atomic E-state index is -3.35. The number of rotatable bonds is 6. The van der Waals surface area contributed by atoms with Crippen molar-refractivity contribution in [3.8, 4) is 5.75 Å². The SMILES string of the molecule is CC(CS(=O)(=O)CCc1ccc2c(c1)CCO2)C(=O)O. The molecule has 1 unspecified atom stereocenters. The Morgan fingerprint density at radius 3 is 2.90 bits per heavy atom. The molecule has 0 bridgehead atoms. The molecule has 0 saturated carbocycles. The maximum absolute atomic E-state index is 11.9. The monoisotopic (exact) mass is 298 g/mol. The van der Waals surface area contributed by atoms with Crippen LogP contribution >= 0.6 is 0 Å². The molecule has 0 spiro atoms. The van der Waals surface area contributed by atoms with E-state index in [0.717, 1.165) is 23.3 Å². The molecule has 0 fully saturated rings. The van der Waals surface area contributed by atoms with Gasteiger partial charge in [0.15, 0.2) is 9.84 Å². The first-order valence-electron chi connectivity index (χ1n) is 6.55. The summed E-state index contributed by atoms with van der Waals surface area (Å²) in [5, 5.41) is 8.76. The van der Waals surface area contributed by atoms with Gasteiger partial charge in [0.05, 0.1) is 24.0 Å². The fourth-order valence-electron chi connectivity index (χ4n) is 2.20. The molecule has 1 atom stereocenters. The van der Waals surface area contributed by atoms with E-state index < -0.39 is 21.7 Å². The summed E-state index contributed by atoms with van der Waals surface area (Å²) in [6.45, 7) is 2.08. The Balaban J connectivity index is 1.96. The van der Waals surface area contributed by atoms with Crippen LogP contribution in [0.1, 0.15) is 18.1 Å². The minimum Gasteiger partial charge on any atom is -0.493 e. The van der Waals surface area contributed by atoms with Gasteiger partial charge in [-0.15, -0.1) is 0 Å². The largest absolute Gasteiger partial charge is 0.493 e. The molecule has 6 heteroatoms. The maximum Gasteiger partial charge on any atom is 0.307 e. The Kier molecular flexibility index (Phi) is 4.32. The number of carboxylic acids is 1. The highest BCUT2D eigenvalue weighted by atomic mass is 32.2. The van der Waals surface area contributed by atoms with Gasteiger partial charge in [0.2, 0.25) is 0 Å². The van der Waals surface area contributed by atoms with Crippen molar-refractivity contribution in [1.29, 1.82) is 0 Å². The lowest BCUT2D eigenvalue weighted by atomic mass is 10.1. The first kappa shape index (κ1) is 14.8. The van der Waals surface area contributed by atoms with E-state index in [1.165, 1.54) is 6.92 Å². The van der Waals surface area contributed by atoms with E-state index in [9.17, 15) is 13.2 Å². The molecule has 1 heterocycles. The van der Waals surface area contributed by atoms with Crippen LogP contribution in [0.25, 0.3) is 0 Å². The smallest absolute Gasteiger partial charge is 0.307 e. The van der Waals surface area contributed by atoms with E-state index in [1.807, 2.05) is 18.2 Å². The first-order valence-corrected chi connectivity index (χ1v) is 8.37. The summed E-state index contributed by atoms with van der Waals surface area (Å²) >= 11 is 0. The number of ether oxygens (including phenoxy) is 1. The molecule has 1 aromatic rings. The highest BCUT2D eigenvalue weighted by Crippen LogP contribution is 2.26. The van der Waals surface area contributed by atoms with Crippen molar-refractivity contribution in [3.63, 3.8) is 0 Å². The van der Waals surface area contributed by atoms with Gasteiger partial charge in [-0.05, 0) is 23.6 Å². The number of fused-ring (bicyclic) bond motifs is 1. The number of hydrogen-bond donors (Lipinski definition) is 1. The zero-order valence-electron chi connectivity index (χ0n) is 11.3. The van der Waals surface area contributed by atoms with Crippen LogP contribution in [0.5, 0.6) is 5.75 Å². The summed E-state index contributed by atoms with van der Waals surface area (Å²) in [5.74, 6) is -1.41. The molecule has 2 rings (SSSR count). The van der Waals surface area contributed by atoms with Crippen LogP contribution in [0.3, 0.4) is 0 Å². The molecule has 0 radical (unpaired) electrons. The molecule has 0 aliphatic carbocycles. The van der Waals surface area contributed by atoms with Crippen molar-refractivity contribution < 1.29 is 23.1 Å². The Bertz CT molecular complexity index is 606. The summed E-state index contributed by atoms with van der Waals surface area (Å²) < 4.78 is 29.1. The van der Waals surface area contributed by atoms with Gasteiger partial charge < -0.3 is 9.84 Å². The van der Waals surface area contributed by atoms with Gasteiger partial charge >= 0.3 is 5.97 Å². The van der Waals surface area contributed by atoms with Crippen LogP contribution in [0.15, 0.2) is 18.2 Å². The predicted molar refractivity (Wildman–Crippen MR) is 74.8 cm³/mol. The second-order valence-corrected chi connectivity index (χ2v) is 7.37. The van der Waals surface area contributed by atoms with Crippen LogP contribution < -0.4 is 4.74 Å². The topological polar surface area (TPSA) is 80.7 Å². The van der Waals surface area contributed by atoms with E-state index in [2.05, 4.69) is 0 Å². The standard InChI is InChI=1S/C14H18O5S/c1-10(14(15)16)9-20(17,18)7-5-11-2-3-13-12(8-11)4-6-19-13/h2-3,8,10H,4-7,9H2,1H3,(H,15,16). The fourth-order valence-corrected chi connectivity index (χ4v) is 3.82. The number of benzene rings is 1. The molecule has 0 amide bonds. The Hall–Kier alpha value is -1.56. The second-order valence-electron chi connectivity index (χ2n) is 5.14. The third kappa shape index (κ3) is 3.72. The predicted octanol–water partition coefficient (Wildman–Crippen LogP) is 1.30. The third-order valence-corrected chi connectivity index (χ3v) is 5.22. The first-order chi connectivity index (χ1) is 9.37. The van der Waals surface area contributed by atoms with E-state index in [-0.39, 0.29) is 11.5 Å². The van der Waals surface area contributed by atoms with Gasteiger partial charge in [0, 0.05) is 6.42 Å². The van der Waals surface area contributed by atoms with Crippen molar-refractivity contribution in [2.75, 3.05) is 18.1 Å². The van der Waals surface area contributed by atoms with Gasteiger partial charge in [-0.2, -0.15) is 0 Å². The molecular weight excluding hydrogens is 280 g/mol. The van der Waals surface area contributed by atoms with E-state index in [4.69, 9.17) is 9.84 Å². The molecular formula is C14H18O5S. The summed E-state index contributed by atoms with van der Waals surface area (Å²) in [4.78, 5) is 10.7. The van der Waals surface area contributed by atoms with Gasteiger partial charge in [-0.1, -0.05) is 19.1 Å². The van der Waals surface area contributed by atoms with Crippen LogP contribution in [0.4, 0.5) is 0 Å². The van der Waals surface area contributed by atoms with Crippen molar-refractivity contribution in [2.45, 2.75) is 19.8 Å². The Morgan fingerprint density at radius 1 is 1.45 bits per heavy atom. The van der Waals surface area contributed by atoms with E-state index in [0.29, 0.717) is 13.0 Å². The molecule has 1 aromatic carbocycles. The summed E-state index contributed by atoms with van der Waals surface area (Å²) in [7, 11) is -3.35. The average molecular weight is 298 g/mol. The van der Waals surface area contributed by atoms with Crippen molar-refractivity contribution >= 4 is 15.8 Å². The van der Waals surface area contributed by atoms with Gasteiger partial charge in [-0.25, -0.2) is 8.42 Å². The maximum atomic E-state index is 11.9. The zero-order valence-corrected chi connectivity index (χ0v) is 12.1. The Labute approximate surface area is 118 Å². The summed E-state index contributed by atoms with van der Waals surface area (Å²) in [6.07, 6.45) is 1.26. The average Bonchev–Trinajstić information content (AvgIpc) is 2.83. The molecule has 20 heavy (non-hydrogen) atoms. The number of sulfone groups is 1. The molecule has 5 nitrogen and oxygen atoms in total. The van der Waals surface area contributed by atoms with E-state index >= 15 is 0 Å². The highest BCUT2D eigenvalue weighted by Gasteiger charge is 2.21. The molecule has 0 saturated heterocycles. The van der Waals surface area contributed by atoms with Crippen molar-refractivity contribution in [3.05, 3.63) is 29.3 Å². The molecule has 0 aromatic heterocycles. The fraction of sp³-hybridized carbons (Fsp3) is 0.500. The third-order valence-electron chi connectivity index (χ3n) is 3.38. The normalized spacial score (nSPS) is 15.4. The van der Waals surface area contributed by atoms with Crippen LogP contribution in [0.2, 0.25) is 0 Å². The van der Waals surface area contributed by atoms with Crippen molar-refractivity contribution in [2.24, 2.45) is 5.92 Å². The van der Waals surface area contributed by atoms with Gasteiger partial charge in [0.25, 0.3) is 0 Å². The number of aryl methyl sites for hydroxylation is 1. The number of carboxylic acid groups (broad SMARTS) is 1. The number of carbonyl (C=O) groups is 1. The zero-order chi connectivity index (χ0) is 14.8. The lowest BCUT2D eigenvalue weighted by Gasteiger charge is -2.08. The molecule has 1 aliphatic heterocycles. The quantitative estimate of drug-likeness (QED) is 0.856. The lowest BCUT2D eigenvalue weighted by molar-refractivity contribution is -0.140. The van der Waals surface area contributed by atoms with Gasteiger partial charge in [0.1, 0.15) is 5.75 Å². The van der Waals surface area contributed by atoms with Crippen LogP contribution in [-0.2, 0) is 27.5 Å². The van der Waals surface area contributed by atoms with Crippen LogP contribution in [-0.4, -0.2) is 37.6 Å². The number of aliphatic carboxylic acids is 1. The van der Waals surface area contributed by atoms with Gasteiger partial charge in [-0.3, -0.25) is 4.79 Å². The lowest BCUT2D eigenvalue weighted by Crippen LogP contribution is -2.23. The van der Waals surface area contributed by atoms with Crippen molar-refractivity contribution in [1.82, 2.24) is 0 Å². The molecule has 110 valence electrons. The second kappa shape index (κ2) is 5.83. The summed E-state index contributed by atoms with van der Waals surface area (Å²) in [6, 6.07) is 5.70. The highest BCUT2D eigenvalue weighted by molar-refractivity contribution is 7.91. The molecule has 1 aliphatic rings. The van der Waals surface area contributed by atoms with E-state index in [1.54, 1.807) is 0 Å². The summed E-state index contributed by atoms with van der Waals surface area (Å²) in [5.41, 5.74) is 2.06.